The fraction of sp³-hybridized carbons (Fsp3) is 0.538. The lowest BCUT2D eigenvalue weighted by atomic mass is 10.3. The van der Waals surface area contributed by atoms with E-state index in [-0.39, 0.29) is 6.03 Å². The molecule has 0 bridgehead atoms. The predicted molar refractivity (Wildman–Crippen MR) is 76.7 cm³/mol. The summed E-state index contributed by atoms with van der Waals surface area (Å²) in [6, 6.07) is 5.33. The van der Waals surface area contributed by atoms with Crippen LogP contribution in [0.5, 0.6) is 0 Å². The second kappa shape index (κ2) is 6.21. The topological polar surface area (TPSA) is 39.7 Å². The first kappa shape index (κ1) is 14.1. The van der Waals surface area contributed by atoms with E-state index < -0.39 is 0 Å². The number of halogens is 1. The zero-order valence-corrected chi connectivity index (χ0v) is 12.1. The van der Waals surface area contributed by atoms with Gasteiger partial charge in [0.25, 0.3) is 0 Å². The highest BCUT2D eigenvalue weighted by Gasteiger charge is 2.24. The smallest absolute Gasteiger partial charge is 0.322 e. The number of carbonyl (C=O) groups excluding carboxylic acids is 1. The van der Waals surface area contributed by atoms with Gasteiger partial charge >= 0.3 is 6.03 Å². The minimum atomic E-state index is 0.00497. The predicted octanol–water partition coefficient (Wildman–Crippen LogP) is 1.93. The Labute approximate surface area is 118 Å². The van der Waals surface area contributed by atoms with Gasteiger partial charge in [0, 0.05) is 32.7 Å². The van der Waals surface area contributed by atoms with Crippen molar-refractivity contribution in [2.45, 2.75) is 6.92 Å². The largest absolute Gasteiger partial charge is 0.325 e. The molecule has 1 aliphatic heterocycles. The third kappa shape index (κ3) is 3.36. The van der Waals surface area contributed by atoms with Crippen LogP contribution >= 0.6 is 11.6 Å². The van der Waals surface area contributed by atoms with E-state index >= 15 is 0 Å². The van der Waals surface area contributed by atoms with E-state index in [2.05, 4.69) is 16.9 Å². The average molecular weight is 283 g/mol. The summed E-state index contributed by atoms with van der Waals surface area (Å²) in [5.41, 5.74) is 0. The molecule has 0 saturated carbocycles. The number of hydrogen-bond donors (Lipinski definition) is 0. The van der Waals surface area contributed by atoms with Crippen molar-refractivity contribution in [2.75, 3.05) is 44.7 Å². The lowest BCUT2D eigenvalue weighted by Gasteiger charge is -2.35. The van der Waals surface area contributed by atoms with Gasteiger partial charge in [-0.15, -0.1) is 0 Å². The third-order valence-electron chi connectivity index (χ3n) is 3.30. The molecule has 1 fully saturated rings. The number of nitrogens with zero attached hydrogens (tertiary/aromatic N) is 4. The second-order valence-corrected chi connectivity index (χ2v) is 5.02. The molecule has 1 saturated heterocycles. The van der Waals surface area contributed by atoms with Gasteiger partial charge in [-0.3, -0.25) is 4.90 Å². The molecular weight excluding hydrogens is 264 g/mol. The molecule has 0 atom stereocenters. The maximum Gasteiger partial charge on any atom is 0.325 e. The summed E-state index contributed by atoms with van der Waals surface area (Å²) in [5, 5.41) is 0.405. The molecule has 5 nitrogen and oxygen atoms in total. The molecule has 0 radical (unpaired) electrons. The number of piperazine rings is 1. The first-order chi connectivity index (χ1) is 9.11. The molecule has 6 heteroatoms. The van der Waals surface area contributed by atoms with Gasteiger partial charge in [0.05, 0.1) is 0 Å². The maximum absolute atomic E-state index is 12.5. The van der Waals surface area contributed by atoms with Crippen LogP contribution < -0.4 is 4.90 Å². The van der Waals surface area contributed by atoms with Crippen molar-refractivity contribution in [3.63, 3.8) is 0 Å². The van der Waals surface area contributed by atoms with E-state index in [1.165, 1.54) is 0 Å². The van der Waals surface area contributed by atoms with E-state index in [0.717, 1.165) is 26.2 Å². The molecule has 0 spiro atoms. The Hall–Kier alpha value is -1.33. The first-order valence-corrected chi connectivity index (χ1v) is 6.87. The summed E-state index contributed by atoms with van der Waals surface area (Å²) in [7, 11) is 2.07. The van der Waals surface area contributed by atoms with Crippen molar-refractivity contribution in [3.8, 4) is 0 Å². The molecule has 2 heterocycles. The summed E-state index contributed by atoms with van der Waals surface area (Å²) < 4.78 is 0. The van der Waals surface area contributed by atoms with Crippen molar-refractivity contribution in [2.24, 2.45) is 0 Å². The highest BCUT2D eigenvalue weighted by atomic mass is 35.5. The third-order valence-corrected chi connectivity index (χ3v) is 3.51. The molecule has 2 rings (SSSR count). The molecule has 0 aromatic carbocycles. The van der Waals surface area contributed by atoms with Crippen molar-refractivity contribution < 1.29 is 4.79 Å². The van der Waals surface area contributed by atoms with Gasteiger partial charge in [0.15, 0.2) is 0 Å². The fourth-order valence-corrected chi connectivity index (χ4v) is 2.27. The number of hydrogen-bond acceptors (Lipinski definition) is 3. The Morgan fingerprint density at radius 3 is 2.63 bits per heavy atom. The minimum absolute atomic E-state index is 0.00497. The van der Waals surface area contributed by atoms with Crippen LogP contribution in [0.4, 0.5) is 10.6 Å². The Balaban J connectivity index is 2.11. The van der Waals surface area contributed by atoms with Crippen molar-refractivity contribution in [3.05, 3.63) is 23.4 Å². The lowest BCUT2D eigenvalue weighted by molar-refractivity contribution is 0.159. The SMILES string of the molecule is CCN(C(=O)N1CCN(C)CC1)c1cccc(Cl)n1. The van der Waals surface area contributed by atoms with Crippen LogP contribution in [0.2, 0.25) is 5.15 Å². The molecule has 0 N–H and O–H groups in total. The Morgan fingerprint density at radius 1 is 1.37 bits per heavy atom. The number of pyridine rings is 1. The zero-order valence-electron chi connectivity index (χ0n) is 11.3. The number of amides is 2. The number of anilines is 1. The van der Waals surface area contributed by atoms with Crippen molar-refractivity contribution >= 4 is 23.4 Å². The Kier molecular flexibility index (Phi) is 4.61. The monoisotopic (exact) mass is 282 g/mol. The highest BCUT2D eigenvalue weighted by Crippen LogP contribution is 2.16. The van der Waals surface area contributed by atoms with Crippen LogP contribution in [0.3, 0.4) is 0 Å². The first-order valence-electron chi connectivity index (χ1n) is 6.49. The summed E-state index contributed by atoms with van der Waals surface area (Å²) in [5.74, 6) is 0.610. The number of rotatable bonds is 2. The minimum Gasteiger partial charge on any atom is -0.322 e. The van der Waals surface area contributed by atoms with Gasteiger partial charge < -0.3 is 9.80 Å². The number of aromatic nitrogens is 1. The van der Waals surface area contributed by atoms with Crippen LogP contribution in [0, 0.1) is 0 Å². The lowest BCUT2D eigenvalue weighted by Crippen LogP contribution is -2.52. The molecule has 1 aliphatic rings. The van der Waals surface area contributed by atoms with E-state index in [0.29, 0.717) is 17.5 Å². The van der Waals surface area contributed by atoms with Crippen LogP contribution in [0.1, 0.15) is 6.92 Å². The van der Waals surface area contributed by atoms with Crippen molar-refractivity contribution in [1.82, 2.24) is 14.8 Å². The Morgan fingerprint density at radius 2 is 2.05 bits per heavy atom. The van der Waals surface area contributed by atoms with Gasteiger partial charge in [0.1, 0.15) is 11.0 Å². The van der Waals surface area contributed by atoms with E-state index in [9.17, 15) is 4.79 Å². The molecular formula is C13H19ClN4O. The number of urea groups is 1. The number of likely N-dealkylation sites (N-methyl/N-ethyl adjacent to an activating group) is 1. The van der Waals surface area contributed by atoms with Crippen LogP contribution in [-0.2, 0) is 0 Å². The fourth-order valence-electron chi connectivity index (χ4n) is 2.11. The van der Waals surface area contributed by atoms with Gasteiger partial charge in [-0.2, -0.15) is 0 Å². The van der Waals surface area contributed by atoms with Gasteiger partial charge in [0.2, 0.25) is 0 Å². The van der Waals surface area contributed by atoms with Crippen molar-refractivity contribution in [1.29, 1.82) is 0 Å². The zero-order chi connectivity index (χ0) is 13.8. The molecule has 2 amide bonds. The molecule has 19 heavy (non-hydrogen) atoms. The summed E-state index contributed by atoms with van der Waals surface area (Å²) in [4.78, 5) is 22.5. The average Bonchev–Trinajstić information content (AvgIpc) is 2.40. The van der Waals surface area contributed by atoms with Gasteiger partial charge in [-0.1, -0.05) is 17.7 Å². The highest BCUT2D eigenvalue weighted by molar-refractivity contribution is 6.29. The molecule has 0 unspecified atom stereocenters. The van der Waals surface area contributed by atoms with E-state index in [1.807, 2.05) is 24.0 Å². The van der Waals surface area contributed by atoms with Gasteiger partial charge in [-0.25, -0.2) is 9.78 Å². The van der Waals surface area contributed by atoms with E-state index in [1.54, 1.807) is 11.0 Å². The van der Waals surface area contributed by atoms with Gasteiger partial charge in [-0.05, 0) is 26.1 Å². The normalized spacial score (nSPS) is 16.5. The Bertz CT molecular complexity index is 446. The molecule has 0 aliphatic carbocycles. The van der Waals surface area contributed by atoms with Crippen LogP contribution in [-0.4, -0.2) is 60.6 Å². The van der Waals surface area contributed by atoms with E-state index in [4.69, 9.17) is 11.6 Å². The molecule has 1 aromatic heterocycles. The second-order valence-electron chi connectivity index (χ2n) is 4.64. The summed E-state index contributed by atoms with van der Waals surface area (Å²) >= 11 is 5.89. The standard InChI is InChI=1S/C13H19ClN4O/c1-3-18(12-6-4-5-11(14)15-12)13(19)17-9-7-16(2)8-10-17/h4-6H,3,7-10H2,1-2H3. The molecule has 104 valence electrons. The summed E-state index contributed by atoms with van der Waals surface area (Å²) in [6.45, 7) is 5.85. The van der Waals surface area contributed by atoms with Crippen LogP contribution in [0.25, 0.3) is 0 Å². The molecule has 1 aromatic rings. The number of carbonyl (C=O) groups is 1. The summed E-state index contributed by atoms with van der Waals surface area (Å²) in [6.07, 6.45) is 0. The quantitative estimate of drug-likeness (QED) is 0.778. The van der Waals surface area contributed by atoms with Crippen LogP contribution in [0.15, 0.2) is 18.2 Å². The maximum atomic E-state index is 12.5.